The van der Waals surface area contributed by atoms with E-state index in [2.05, 4.69) is 20.0 Å². The Morgan fingerprint density at radius 3 is 2.62 bits per heavy atom. The van der Waals surface area contributed by atoms with Crippen LogP contribution in [0.25, 0.3) is 11.3 Å². The predicted octanol–water partition coefficient (Wildman–Crippen LogP) is 5.27. The molecule has 1 aromatic heterocycles. The maximum atomic E-state index is 13.2. The zero-order chi connectivity index (χ0) is 20.8. The van der Waals surface area contributed by atoms with Gasteiger partial charge in [-0.15, -0.1) is 0 Å². The van der Waals surface area contributed by atoms with Gasteiger partial charge in [-0.2, -0.15) is 8.78 Å². The summed E-state index contributed by atoms with van der Waals surface area (Å²) in [4.78, 5) is 20.5. The Labute approximate surface area is 173 Å². The van der Waals surface area contributed by atoms with Crippen molar-refractivity contribution in [3.8, 4) is 17.0 Å². The first kappa shape index (κ1) is 20.9. The van der Waals surface area contributed by atoms with Crippen LogP contribution in [-0.2, 0) is 4.79 Å². The summed E-state index contributed by atoms with van der Waals surface area (Å²) in [6, 6.07) is 11.6. The van der Waals surface area contributed by atoms with Gasteiger partial charge in [0.05, 0.1) is 16.5 Å². The molecule has 0 bridgehead atoms. The first-order chi connectivity index (χ1) is 13.9. The van der Waals surface area contributed by atoms with Crippen LogP contribution in [0.4, 0.5) is 18.9 Å². The van der Waals surface area contributed by atoms with Gasteiger partial charge in [-0.25, -0.2) is 14.4 Å². The van der Waals surface area contributed by atoms with Gasteiger partial charge in [0.1, 0.15) is 11.6 Å². The van der Waals surface area contributed by atoms with Crippen molar-refractivity contribution in [3.63, 3.8) is 0 Å². The van der Waals surface area contributed by atoms with Crippen LogP contribution in [-0.4, -0.2) is 28.2 Å². The molecular formula is C19H13ClF3N3O2S. The number of hydrogen-bond donors (Lipinski definition) is 1. The van der Waals surface area contributed by atoms with Crippen molar-refractivity contribution in [1.29, 1.82) is 0 Å². The van der Waals surface area contributed by atoms with Crippen LogP contribution >= 0.6 is 23.4 Å². The summed E-state index contributed by atoms with van der Waals surface area (Å²) in [6.45, 7) is -2.89. The number of thioether (sulfide) groups is 1. The SMILES string of the molecule is O=C(CSc1nccc(-c2ccc(OC(F)F)cc2)n1)Nc1ccc(F)c(Cl)c1. The minimum absolute atomic E-state index is 0.0274. The molecule has 10 heteroatoms. The summed E-state index contributed by atoms with van der Waals surface area (Å²) < 4.78 is 41.9. The highest BCUT2D eigenvalue weighted by atomic mass is 35.5. The summed E-state index contributed by atoms with van der Waals surface area (Å²) in [7, 11) is 0. The molecule has 0 radical (unpaired) electrons. The van der Waals surface area contributed by atoms with Gasteiger partial charge in [-0.1, -0.05) is 23.4 Å². The molecule has 0 saturated heterocycles. The third-order valence-corrected chi connectivity index (χ3v) is 4.70. The molecule has 1 N–H and O–H groups in total. The van der Waals surface area contributed by atoms with Crippen LogP contribution in [0.15, 0.2) is 59.9 Å². The van der Waals surface area contributed by atoms with Crippen LogP contribution in [0.3, 0.4) is 0 Å². The van der Waals surface area contributed by atoms with Crippen molar-refractivity contribution in [2.75, 3.05) is 11.1 Å². The smallest absolute Gasteiger partial charge is 0.387 e. The lowest BCUT2D eigenvalue weighted by atomic mass is 10.1. The number of carbonyl (C=O) groups is 1. The molecule has 3 rings (SSSR count). The van der Waals surface area contributed by atoms with Crippen molar-refractivity contribution >= 4 is 35.0 Å². The highest BCUT2D eigenvalue weighted by Gasteiger charge is 2.09. The average Bonchev–Trinajstić information content (AvgIpc) is 2.70. The van der Waals surface area contributed by atoms with E-state index < -0.39 is 12.4 Å². The minimum atomic E-state index is -2.89. The van der Waals surface area contributed by atoms with Gasteiger partial charge >= 0.3 is 6.61 Å². The van der Waals surface area contributed by atoms with Gasteiger partial charge in [0.2, 0.25) is 5.91 Å². The molecule has 29 heavy (non-hydrogen) atoms. The van der Waals surface area contributed by atoms with Crippen LogP contribution in [0.2, 0.25) is 5.02 Å². The van der Waals surface area contributed by atoms with E-state index in [0.29, 0.717) is 22.1 Å². The Kier molecular flexibility index (Phi) is 6.95. The van der Waals surface area contributed by atoms with Crippen LogP contribution in [0.5, 0.6) is 5.75 Å². The quantitative estimate of drug-likeness (QED) is 0.401. The Balaban J connectivity index is 1.60. The van der Waals surface area contributed by atoms with E-state index in [9.17, 15) is 18.0 Å². The Morgan fingerprint density at radius 1 is 1.17 bits per heavy atom. The fraction of sp³-hybridized carbons (Fsp3) is 0.105. The number of nitrogens with one attached hydrogen (secondary N) is 1. The Hall–Kier alpha value is -2.78. The highest BCUT2D eigenvalue weighted by Crippen LogP contribution is 2.24. The van der Waals surface area contributed by atoms with Crippen molar-refractivity contribution in [2.45, 2.75) is 11.8 Å². The zero-order valence-corrected chi connectivity index (χ0v) is 16.2. The van der Waals surface area contributed by atoms with E-state index in [1.165, 1.54) is 30.5 Å². The lowest BCUT2D eigenvalue weighted by Crippen LogP contribution is -2.14. The molecule has 3 aromatic rings. The molecule has 150 valence electrons. The van der Waals surface area contributed by atoms with E-state index in [0.717, 1.165) is 17.8 Å². The number of ether oxygens (including phenoxy) is 1. The second kappa shape index (κ2) is 9.62. The van der Waals surface area contributed by atoms with Gasteiger partial charge in [0, 0.05) is 17.4 Å². The molecule has 0 aliphatic carbocycles. The van der Waals surface area contributed by atoms with Crippen molar-refractivity contribution < 1.29 is 22.7 Å². The normalized spacial score (nSPS) is 10.8. The van der Waals surface area contributed by atoms with Crippen LogP contribution in [0.1, 0.15) is 0 Å². The van der Waals surface area contributed by atoms with E-state index >= 15 is 0 Å². The first-order valence-corrected chi connectivity index (χ1v) is 9.53. The lowest BCUT2D eigenvalue weighted by molar-refractivity contribution is -0.113. The fourth-order valence-electron chi connectivity index (χ4n) is 2.28. The van der Waals surface area contributed by atoms with Crippen molar-refractivity contribution in [2.24, 2.45) is 0 Å². The number of aromatic nitrogens is 2. The lowest BCUT2D eigenvalue weighted by Gasteiger charge is -2.07. The second-order valence-electron chi connectivity index (χ2n) is 5.59. The largest absolute Gasteiger partial charge is 0.435 e. The van der Waals surface area contributed by atoms with Crippen molar-refractivity contribution in [1.82, 2.24) is 9.97 Å². The molecule has 0 unspecified atom stereocenters. The topological polar surface area (TPSA) is 64.1 Å². The summed E-state index contributed by atoms with van der Waals surface area (Å²) in [5.74, 6) is -0.831. The molecule has 0 atom stereocenters. The third-order valence-electron chi connectivity index (χ3n) is 3.54. The van der Waals surface area contributed by atoms with Crippen LogP contribution < -0.4 is 10.1 Å². The van der Waals surface area contributed by atoms with Gasteiger partial charge in [0.15, 0.2) is 5.16 Å². The first-order valence-electron chi connectivity index (χ1n) is 8.17. The number of halogens is 4. The number of rotatable bonds is 7. The summed E-state index contributed by atoms with van der Waals surface area (Å²) in [5, 5.41) is 2.88. The average molecular weight is 440 g/mol. The monoisotopic (exact) mass is 439 g/mol. The molecular weight excluding hydrogens is 427 g/mol. The number of anilines is 1. The van der Waals surface area contributed by atoms with Crippen molar-refractivity contribution in [3.05, 3.63) is 65.6 Å². The molecule has 0 aliphatic rings. The zero-order valence-electron chi connectivity index (χ0n) is 14.6. The standard InChI is InChI=1S/C19H13ClF3N3O2S/c20-14-9-12(3-6-15(14)21)25-17(27)10-29-19-24-8-7-16(26-19)11-1-4-13(5-2-11)28-18(22)23/h1-9,18H,10H2,(H,25,27). The third kappa shape index (κ3) is 6.10. The molecule has 0 fully saturated rings. The summed E-state index contributed by atoms with van der Waals surface area (Å²) in [5.41, 5.74) is 1.63. The van der Waals surface area contributed by atoms with Gasteiger partial charge in [-0.3, -0.25) is 4.79 Å². The van der Waals surface area contributed by atoms with Gasteiger partial charge in [-0.05, 0) is 48.5 Å². The minimum Gasteiger partial charge on any atom is -0.435 e. The number of nitrogens with zero attached hydrogens (tertiary/aromatic N) is 2. The maximum Gasteiger partial charge on any atom is 0.387 e. The number of benzene rings is 2. The van der Waals surface area contributed by atoms with Crippen LogP contribution in [0, 0.1) is 5.82 Å². The fourth-order valence-corrected chi connectivity index (χ4v) is 3.09. The Bertz CT molecular complexity index is 1010. The number of alkyl halides is 2. The van der Waals surface area contributed by atoms with E-state index in [1.807, 2.05) is 0 Å². The number of carbonyl (C=O) groups excluding carboxylic acids is 1. The van der Waals surface area contributed by atoms with E-state index in [-0.39, 0.29) is 22.4 Å². The molecule has 0 saturated carbocycles. The molecule has 0 aliphatic heterocycles. The van der Waals surface area contributed by atoms with Gasteiger partial charge < -0.3 is 10.1 Å². The number of hydrogen-bond acceptors (Lipinski definition) is 5. The molecule has 0 spiro atoms. The van der Waals surface area contributed by atoms with Gasteiger partial charge in [0.25, 0.3) is 0 Å². The van der Waals surface area contributed by atoms with E-state index in [1.54, 1.807) is 18.2 Å². The molecule has 1 heterocycles. The number of amides is 1. The summed E-state index contributed by atoms with van der Waals surface area (Å²) in [6.07, 6.45) is 1.53. The maximum absolute atomic E-state index is 13.2. The molecule has 5 nitrogen and oxygen atoms in total. The van der Waals surface area contributed by atoms with E-state index in [4.69, 9.17) is 11.6 Å². The summed E-state index contributed by atoms with van der Waals surface area (Å²) >= 11 is 6.79. The highest BCUT2D eigenvalue weighted by molar-refractivity contribution is 7.99. The second-order valence-corrected chi connectivity index (χ2v) is 6.94. The molecule has 1 amide bonds. The predicted molar refractivity (Wildman–Crippen MR) is 105 cm³/mol. The molecule has 2 aromatic carbocycles. The Morgan fingerprint density at radius 2 is 1.93 bits per heavy atom.